The first-order valence-electron chi connectivity index (χ1n) is 4.11. The van der Waals surface area contributed by atoms with Gasteiger partial charge in [-0.15, -0.1) is 0 Å². The second kappa shape index (κ2) is 14.9. The van der Waals surface area contributed by atoms with Crippen LogP contribution in [0.1, 0.15) is 12.8 Å². The van der Waals surface area contributed by atoms with Crippen molar-refractivity contribution in [3.8, 4) is 0 Å². The number of rotatable bonds is 5. The minimum atomic E-state index is -2.74. The van der Waals surface area contributed by atoms with Gasteiger partial charge >= 0.3 is 35.0 Å². The van der Waals surface area contributed by atoms with E-state index in [-0.39, 0.29) is 17.1 Å². The van der Waals surface area contributed by atoms with Crippen molar-refractivity contribution in [3.05, 3.63) is 0 Å². The van der Waals surface area contributed by atoms with Crippen LogP contribution in [0, 0.1) is 0 Å². The molecule has 0 aromatic carbocycles. The van der Waals surface area contributed by atoms with Gasteiger partial charge in [0.25, 0.3) is 0 Å². The zero-order chi connectivity index (χ0) is 16.1. The van der Waals surface area contributed by atoms with Crippen molar-refractivity contribution in [2.24, 2.45) is 0 Å². The van der Waals surface area contributed by atoms with Gasteiger partial charge in [0.1, 0.15) is 0 Å². The number of carboxylic acid groups (broad SMARTS) is 5. The summed E-state index contributed by atoms with van der Waals surface area (Å²) < 4.78 is 0. The van der Waals surface area contributed by atoms with Crippen LogP contribution >= 0.6 is 0 Å². The molecule has 0 aromatic rings. The maximum atomic E-state index is 10.3. The Labute approximate surface area is 121 Å². The minimum Gasteiger partial charge on any atom is -0.554 e. The Bertz CT molecular complexity index is 304. The van der Waals surface area contributed by atoms with Gasteiger partial charge in [0, 0.05) is 12.9 Å². The second-order valence-electron chi connectivity index (χ2n) is 2.67. The van der Waals surface area contributed by atoms with Crippen LogP contribution in [0.2, 0.25) is 0 Å². The molecule has 0 saturated carbocycles. The van der Waals surface area contributed by atoms with Crippen LogP contribution < -0.4 is 10.2 Å². The van der Waals surface area contributed by atoms with Crippen LogP contribution in [0.15, 0.2) is 0 Å². The van der Waals surface area contributed by atoms with E-state index in [0.717, 1.165) is 0 Å². The van der Waals surface area contributed by atoms with E-state index in [1.54, 1.807) is 0 Å². The van der Waals surface area contributed by atoms with Gasteiger partial charge in [-0.1, -0.05) is 0 Å². The standard InChI is InChI=1S/C6H8O7.2CH2O2.Cu/c7-3(8)1-6(13,5(11)12)2-4(9)10;2*2-1-3;/h13H,1-2H2,(H,7,8)(H,9,10)(H,11,12);2*1H,(H,2,3);/q;;;+2/p-2. The molecule has 11 nitrogen and oxygen atoms in total. The van der Waals surface area contributed by atoms with E-state index < -0.39 is 49.3 Å². The van der Waals surface area contributed by atoms with Crippen LogP contribution in [0.3, 0.4) is 0 Å². The van der Waals surface area contributed by atoms with Gasteiger partial charge in [-0.3, -0.25) is 9.59 Å². The van der Waals surface area contributed by atoms with Gasteiger partial charge in [0.15, 0.2) is 5.60 Å². The maximum Gasteiger partial charge on any atom is 2.00 e. The van der Waals surface area contributed by atoms with E-state index in [9.17, 15) is 14.4 Å². The molecule has 0 aliphatic rings. The molecular formula is C8H10CuO11. The van der Waals surface area contributed by atoms with Gasteiger partial charge in [0.05, 0.1) is 12.8 Å². The van der Waals surface area contributed by atoms with Gasteiger partial charge in [-0.05, 0) is 0 Å². The average Bonchev–Trinajstić information content (AvgIpc) is 2.16. The fraction of sp³-hybridized carbons (Fsp3) is 0.375. The topological polar surface area (TPSA) is 212 Å². The van der Waals surface area contributed by atoms with E-state index in [4.69, 9.17) is 40.2 Å². The third-order valence-electron chi connectivity index (χ3n) is 1.29. The summed E-state index contributed by atoms with van der Waals surface area (Å²) in [5.41, 5.74) is -2.74. The minimum absolute atomic E-state index is 0. The second-order valence-corrected chi connectivity index (χ2v) is 2.67. The molecule has 0 saturated heterocycles. The SMILES string of the molecule is O=C(O)CC(O)(CC(=O)O)C(=O)O.O=C[O-].O=C[O-].[Cu+2]. The van der Waals surface area contributed by atoms with Crippen molar-refractivity contribution in [2.45, 2.75) is 18.4 Å². The smallest absolute Gasteiger partial charge is 0.554 e. The van der Waals surface area contributed by atoms with Gasteiger partial charge in [-0.2, -0.15) is 0 Å². The number of carboxylic acids is 3. The number of hydrogen-bond donors (Lipinski definition) is 4. The molecule has 0 aromatic heterocycles. The quantitative estimate of drug-likeness (QED) is 0.275. The molecule has 119 valence electrons. The number of hydrogen-bond acceptors (Lipinski definition) is 8. The van der Waals surface area contributed by atoms with Gasteiger partial charge in [-0.25, -0.2) is 4.79 Å². The van der Waals surface area contributed by atoms with E-state index in [0.29, 0.717) is 0 Å². The molecule has 0 amide bonds. The zero-order valence-electron chi connectivity index (χ0n) is 9.52. The van der Waals surface area contributed by atoms with Crippen molar-refractivity contribution < 1.29 is 71.7 Å². The van der Waals surface area contributed by atoms with E-state index in [1.807, 2.05) is 0 Å². The molecule has 0 atom stereocenters. The van der Waals surface area contributed by atoms with Crippen LogP contribution in [-0.2, 0) is 41.0 Å². The fourth-order valence-corrected chi connectivity index (χ4v) is 0.714. The van der Waals surface area contributed by atoms with E-state index >= 15 is 0 Å². The molecule has 0 spiro atoms. The Morgan fingerprint density at radius 1 is 0.900 bits per heavy atom. The van der Waals surface area contributed by atoms with Crippen LogP contribution in [0.4, 0.5) is 0 Å². The summed E-state index contributed by atoms with van der Waals surface area (Å²) >= 11 is 0. The summed E-state index contributed by atoms with van der Waals surface area (Å²) in [5.74, 6) is -5.02. The van der Waals surface area contributed by atoms with E-state index in [1.165, 1.54) is 0 Å². The molecule has 0 bridgehead atoms. The molecule has 0 fully saturated rings. The summed E-state index contributed by atoms with van der Waals surface area (Å²) in [6.45, 7) is -1.00. The first-order valence-corrected chi connectivity index (χ1v) is 4.11. The molecule has 1 radical (unpaired) electrons. The molecule has 20 heavy (non-hydrogen) atoms. The molecular weight excluding hydrogens is 336 g/mol. The number of aliphatic hydroxyl groups is 1. The number of carbonyl (C=O) groups is 5. The summed E-state index contributed by atoms with van der Waals surface area (Å²) in [4.78, 5) is 47.0. The van der Waals surface area contributed by atoms with Crippen molar-refractivity contribution >= 4 is 30.9 Å². The summed E-state index contributed by atoms with van der Waals surface area (Å²) in [7, 11) is 0. The molecule has 0 heterocycles. The van der Waals surface area contributed by atoms with E-state index in [2.05, 4.69) is 0 Å². The Hall–Kier alpha value is -2.17. The first kappa shape index (κ1) is 26.4. The summed E-state index contributed by atoms with van der Waals surface area (Å²) in [5, 5.41) is 50.3. The van der Waals surface area contributed by atoms with Crippen LogP contribution in [0.5, 0.6) is 0 Å². The third-order valence-corrected chi connectivity index (χ3v) is 1.29. The monoisotopic (exact) mass is 345 g/mol. The van der Waals surface area contributed by atoms with Crippen molar-refractivity contribution in [1.29, 1.82) is 0 Å². The van der Waals surface area contributed by atoms with Gasteiger partial charge < -0.3 is 40.2 Å². The number of carbonyl (C=O) groups excluding carboxylic acids is 2. The predicted molar refractivity (Wildman–Crippen MR) is 49.2 cm³/mol. The van der Waals surface area contributed by atoms with Crippen molar-refractivity contribution in [3.63, 3.8) is 0 Å². The average molecular weight is 346 g/mol. The van der Waals surface area contributed by atoms with Crippen molar-refractivity contribution in [1.82, 2.24) is 0 Å². The molecule has 0 aliphatic heterocycles. The molecule has 0 rings (SSSR count). The Morgan fingerprint density at radius 3 is 1.20 bits per heavy atom. The predicted octanol–water partition coefficient (Wildman–Crippen LogP) is -4.52. The summed E-state index contributed by atoms with van der Waals surface area (Å²) in [6.07, 6.45) is -2.29. The summed E-state index contributed by atoms with van der Waals surface area (Å²) in [6, 6.07) is 0. The molecule has 12 heteroatoms. The maximum absolute atomic E-state index is 10.3. The third kappa shape index (κ3) is 18.2. The first-order chi connectivity index (χ1) is 8.60. The van der Waals surface area contributed by atoms with Gasteiger partial charge in [0.2, 0.25) is 0 Å². The molecule has 4 N–H and O–H groups in total. The molecule has 0 unspecified atom stereocenters. The number of aliphatic carboxylic acids is 3. The zero-order valence-corrected chi connectivity index (χ0v) is 10.5. The van der Waals surface area contributed by atoms with Crippen LogP contribution in [-0.4, -0.2) is 56.9 Å². The van der Waals surface area contributed by atoms with Crippen LogP contribution in [0.25, 0.3) is 0 Å². The fourth-order valence-electron chi connectivity index (χ4n) is 0.714. The Kier molecular flexibility index (Phi) is 19.7. The Morgan fingerprint density at radius 2 is 1.10 bits per heavy atom. The normalized spacial score (nSPS) is 8.25. The Balaban J connectivity index is -0.000000156. The molecule has 0 aliphatic carbocycles. The largest absolute Gasteiger partial charge is 2.00 e. The van der Waals surface area contributed by atoms with Crippen molar-refractivity contribution in [2.75, 3.05) is 0 Å².